The summed E-state index contributed by atoms with van der Waals surface area (Å²) >= 11 is 6.16. The second-order valence-corrected chi connectivity index (χ2v) is 8.29. The monoisotopic (exact) mass is 481 g/mol. The Morgan fingerprint density at radius 1 is 1.15 bits per heavy atom. The van der Waals surface area contributed by atoms with Crippen LogP contribution in [0.4, 0.5) is 0 Å². The lowest BCUT2D eigenvalue weighted by molar-refractivity contribution is -0.145. The predicted octanol–water partition coefficient (Wildman–Crippen LogP) is 4.06. The number of esters is 1. The van der Waals surface area contributed by atoms with Crippen molar-refractivity contribution in [2.24, 2.45) is 4.99 Å². The van der Waals surface area contributed by atoms with Crippen molar-refractivity contribution in [3.05, 3.63) is 70.3 Å². The fraction of sp³-hybridized carbons (Fsp3) is 0.360. The maximum Gasteiger partial charge on any atom is 0.344 e. The van der Waals surface area contributed by atoms with Gasteiger partial charge in [-0.2, -0.15) is 0 Å². The van der Waals surface area contributed by atoms with Crippen LogP contribution >= 0.6 is 11.6 Å². The van der Waals surface area contributed by atoms with Gasteiger partial charge in [-0.1, -0.05) is 30.7 Å². The third kappa shape index (κ3) is 5.13. The van der Waals surface area contributed by atoms with Gasteiger partial charge in [-0.05, 0) is 63.7 Å². The normalized spacial score (nSPS) is 14.6. The van der Waals surface area contributed by atoms with Gasteiger partial charge in [-0.15, -0.1) is 10.2 Å². The molecule has 1 aromatic heterocycles. The average molecular weight is 482 g/mol. The number of nitrogens with one attached hydrogen (secondary N) is 1. The minimum Gasteiger partial charge on any atom is -0.482 e. The summed E-state index contributed by atoms with van der Waals surface area (Å²) in [7, 11) is 0. The lowest BCUT2D eigenvalue weighted by Crippen LogP contribution is -2.18. The number of rotatable bonds is 9. The summed E-state index contributed by atoms with van der Waals surface area (Å²) < 4.78 is 12.8. The second-order valence-electron chi connectivity index (χ2n) is 7.86. The molecule has 0 radical (unpaired) electrons. The quantitative estimate of drug-likeness (QED) is 0.366. The van der Waals surface area contributed by atoms with Crippen LogP contribution in [0.25, 0.3) is 5.69 Å². The van der Waals surface area contributed by atoms with E-state index in [9.17, 15) is 4.79 Å². The Balaban J connectivity index is 1.82. The van der Waals surface area contributed by atoms with Crippen LogP contribution in [-0.4, -0.2) is 52.7 Å². The molecule has 2 heterocycles. The van der Waals surface area contributed by atoms with Crippen molar-refractivity contribution in [2.45, 2.75) is 33.2 Å². The van der Waals surface area contributed by atoms with Gasteiger partial charge in [0, 0.05) is 16.1 Å². The van der Waals surface area contributed by atoms with Crippen LogP contribution in [0.15, 0.2) is 47.5 Å². The Hall–Kier alpha value is -3.23. The van der Waals surface area contributed by atoms with Gasteiger partial charge in [0.2, 0.25) is 0 Å². The summed E-state index contributed by atoms with van der Waals surface area (Å²) in [5.74, 6) is 1.70. The molecule has 1 aliphatic heterocycles. The van der Waals surface area contributed by atoms with Crippen LogP contribution in [0, 0.1) is 6.92 Å². The van der Waals surface area contributed by atoms with Crippen LogP contribution in [0.1, 0.15) is 49.1 Å². The van der Waals surface area contributed by atoms with Crippen LogP contribution in [-0.2, 0) is 9.53 Å². The van der Waals surface area contributed by atoms with Crippen molar-refractivity contribution >= 4 is 23.3 Å². The molecule has 0 spiro atoms. The van der Waals surface area contributed by atoms with Crippen molar-refractivity contribution in [1.29, 1.82) is 0 Å². The molecule has 1 unspecified atom stereocenters. The molecule has 0 saturated carbocycles. The molecule has 0 saturated heterocycles. The van der Waals surface area contributed by atoms with Crippen molar-refractivity contribution in [3.8, 4) is 11.4 Å². The zero-order valence-corrected chi connectivity index (χ0v) is 20.3. The number of hydrogen-bond acceptors (Lipinski definition) is 7. The summed E-state index contributed by atoms with van der Waals surface area (Å²) in [4.78, 5) is 17.0. The van der Waals surface area contributed by atoms with Crippen molar-refractivity contribution in [1.82, 2.24) is 20.1 Å². The average Bonchev–Trinajstić information content (AvgIpc) is 3.15. The number of aromatic nitrogens is 3. The molecular formula is C25H28ClN5O3. The number of nitrogens with zero attached hydrogens (tertiary/aromatic N) is 4. The highest BCUT2D eigenvalue weighted by Crippen LogP contribution is 2.34. The topological polar surface area (TPSA) is 90.6 Å². The lowest BCUT2D eigenvalue weighted by atomic mass is 10.00. The van der Waals surface area contributed by atoms with E-state index in [-0.39, 0.29) is 12.6 Å². The second kappa shape index (κ2) is 10.8. The smallest absolute Gasteiger partial charge is 0.344 e. The van der Waals surface area contributed by atoms with Gasteiger partial charge in [0.15, 0.2) is 12.4 Å². The largest absolute Gasteiger partial charge is 0.482 e. The first-order valence-corrected chi connectivity index (χ1v) is 11.8. The zero-order valence-electron chi connectivity index (χ0n) is 19.5. The van der Waals surface area contributed by atoms with Crippen LogP contribution in [0.3, 0.4) is 0 Å². The van der Waals surface area contributed by atoms with E-state index in [1.165, 1.54) is 0 Å². The van der Waals surface area contributed by atoms with E-state index < -0.39 is 5.97 Å². The zero-order chi connectivity index (χ0) is 24.1. The van der Waals surface area contributed by atoms with E-state index in [4.69, 9.17) is 26.1 Å². The molecule has 8 nitrogen and oxygen atoms in total. The highest BCUT2D eigenvalue weighted by atomic mass is 35.5. The van der Waals surface area contributed by atoms with Gasteiger partial charge in [-0.25, -0.2) is 4.79 Å². The van der Waals surface area contributed by atoms with Gasteiger partial charge in [0.1, 0.15) is 17.6 Å². The maximum atomic E-state index is 11.8. The standard InChI is InChI=1S/C25H28ClN5O3/c1-4-27-13-12-21-25-30-29-16(3)31(25)22-11-10-19(34-15-23(32)33-5-2)14-20(22)24(28-21)17-6-8-18(26)9-7-17/h6-11,14,21,27H,4-5,12-13,15H2,1-3H3. The fourth-order valence-corrected chi connectivity index (χ4v) is 4.08. The van der Waals surface area contributed by atoms with E-state index in [0.29, 0.717) is 17.4 Å². The molecule has 1 aliphatic rings. The lowest BCUT2D eigenvalue weighted by Gasteiger charge is -2.15. The Morgan fingerprint density at radius 3 is 2.68 bits per heavy atom. The van der Waals surface area contributed by atoms with Gasteiger partial charge in [0.25, 0.3) is 0 Å². The molecule has 2 aromatic carbocycles. The minimum atomic E-state index is -0.413. The van der Waals surface area contributed by atoms with Crippen LogP contribution < -0.4 is 10.1 Å². The first-order valence-electron chi connectivity index (χ1n) is 11.4. The molecule has 4 rings (SSSR count). The number of halogens is 1. The van der Waals surface area contributed by atoms with E-state index >= 15 is 0 Å². The number of fused-ring (bicyclic) bond motifs is 3. The summed E-state index contributed by atoms with van der Waals surface area (Å²) in [6, 6.07) is 13.1. The highest BCUT2D eigenvalue weighted by molar-refractivity contribution is 6.30. The van der Waals surface area contributed by atoms with Gasteiger partial charge in [0.05, 0.1) is 18.0 Å². The molecule has 1 atom stereocenters. The summed E-state index contributed by atoms with van der Waals surface area (Å²) in [6.07, 6.45) is 0.767. The Labute approximate surface area is 204 Å². The molecule has 0 bridgehead atoms. The molecule has 9 heteroatoms. The van der Waals surface area contributed by atoms with E-state index in [0.717, 1.165) is 53.7 Å². The Kier molecular flexibility index (Phi) is 7.59. The van der Waals surface area contributed by atoms with Gasteiger partial charge < -0.3 is 14.8 Å². The molecule has 0 aliphatic carbocycles. The Morgan fingerprint density at radius 2 is 1.94 bits per heavy atom. The maximum absolute atomic E-state index is 11.8. The van der Waals surface area contributed by atoms with Gasteiger partial charge in [-0.3, -0.25) is 9.56 Å². The third-order valence-electron chi connectivity index (χ3n) is 5.52. The molecule has 0 amide bonds. The van der Waals surface area contributed by atoms with Crippen LogP contribution in [0.5, 0.6) is 5.75 Å². The van der Waals surface area contributed by atoms with Crippen molar-refractivity contribution in [2.75, 3.05) is 26.3 Å². The molecule has 34 heavy (non-hydrogen) atoms. The number of aryl methyl sites for hydroxylation is 1. The van der Waals surface area contributed by atoms with E-state index in [2.05, 4.69) is 22.4 Å². The van der Waals surface area contributed by atoms with Gasteiger partial charge >= 0.3 is 5.97 Å². The molecule has 3 aromatic rings. The minimum absolute atomic E-state index is 0.164. The Bertz CT molecular complexity index is 1190. The fourth-order valence-electron chi connectivity index (χ4n) is 3.96. The van der Waals surface area contributed by atoms with Crippen LogP contribution in [0.2, 0.25) is 5.02 Å². The number of benzene rings is 2. The first-order chi connectivity index (χ1) is 16.5. The molecule has 1 N–H and O–H groups in total. The van der Waals surface area contributed by atoms with Crippen molar-refractivity contribution in [3.63, 3.8) is 0 Å². The first kappa shape index (κ1) is 23.9. The molecular weight excluding hydrogens is 454 g/mol. The summed E-state index contributed by atoms with van der Waals surface area (Å²) in [6.45, 7) is 7.60. The predicted molar refractivity (Wildman–Crippen MR) is 131 cm³/mol. The number of carbonyl (C=O) groups is 1. The molecule has 178 valence electrons. The highest BCUT2D eigenvalue weighted by Gasteiger charge is 2.28. The number of aliphatic imine (C=N–C) groups is 1. The number of hydrogen-bond donors (Lipinski definition) is 1. The summed E-state index contributed by atoms with van der Waals surface area (Å²) in [5.41, 5.74) is 3.50. The third-order valence-corrected chi connectivity index (χ3v) is 5.77. The SMILES string of the molecule is CCNCCC1N=C(c2ccc(Cl)cc2)c2cc(OCC(=O)OCC)ccc2-n2c(C)nnc21. The number of carbonyl (C=O) groups excluding carboxylic acids is 1. The van der Waals surface area contributed by atoms with E-state index in [1.807, 2.05) is 54.0 Å². The summed E-state index contributed by atoms with van der Waals surface area (Å²) in [5, 5.41) is 12.9. The van der Waals surface area contributed by atoms with Crippen molar-refractivity contribution < 1.29 is 14.3 Å². The molecule has 0 fully saturated rings. The number of ether oxygens (including phenoxy) is 2. The van der Waals surface area contributed by atoms with E-state index in [1.54, 1.807) is 6.92 Å².